The van der Waals surface area contributed by atoms with Gasteiger partial charge in [-0.1, -0.05) is 12.1 Å². The molecule has 0 saturated heterocycles. The van der Waals surface area contributed by atoms with E-state index < -0.39 is 0 Å². The van der Waals surface area contributed by atoms with Gasteiger partial charge in [0, 0.05) is 26.2 Å². The lowest BCUT2D eigenvalue weighted by Crippen LogP contribution is -2.25. The molecule has 1 amide bonds. The van der Waals surface area contributed by atoms with E-state index in [9.17, 15) is 4.79 Å². The quantitative estimate of drug-likeness (QED) is 0.798. The van der Waals surface area contributed by atoms with Gasteiger partial charge < -0.3 is 5.32 Å². The third-order valence-electron chi connectivity index (χ3n) is 2.93. The van der Waals surface area contributed by atoms with Crippen LogP contribution in [0, 0.1) is 0 Å². The third kappa shape index (κ3) is 2.70. The van der Waals surface area contributed by atoms with E-state index in [1.54, 1.807) is 35.5 Å². The maximum Gasteiger partial charge on any atom is 0.254 e. The summed E-state index contributed by atoms with van der Waals surface area (Å²) >= 11 is 1.67. The van der Waals surface area contributed by atoms with Crippen LogP contribution in [0.15, 0.2) is 36.7 Å². The first kappa shape index (κ1) is 12.8. The molecule has 0 bridgehead atoms. The molecule has 0 spiro atoms. The molecule has 0 fully saturated rings. The summed E-state index contributed by atoms with van der Waals surface area (Å²) < 4.78 is 2.80. The van der Waals surface area contributed by atoms with Crippen LogP contribution in [0.4, 0.5) is 0 Å². The second kappa shape index (κ2) is 5.42. The average molecular weight is 286 g/mol. The predicted molar refractivity (Wildman–Crippen MR) is 78.9 cm³/mol. The second-order valence-electron chi connectivity index (χ2n) is 4.48. The van der Waals surface area contributed by atoms with Crippen molar-refractivity contribution in [1.82, 2.24) is 20.1 Å². The third-order valence-corrected chi connectivity index (χ3v) is 4.03. The van der Waals surface area contributed by atoms with Crippen LogP contribution in [0.2, 0.25) is 0 Å². The van der Waals surface area contributed by atoms with Crippen LogP contribution in [-0.4, -0.2) is 27.2 Å². The predicted octanol–water partition coefficient (Wildman–Crippen LogP) is 2.00. The van der Waals surface area contributed by atoms with E-state index >= 15 is 0 Å². The van der Waals surface area contributed by atoms with Crippen molar-refractivity contribution in [2.24, 2.45) is 7.05 Å². The maximum absolute atomic E-state index is 11.8. The number of amides is 1. The number of aryl methyl sites for hydroxylation is 1. The molecule has 5 nitrogen and oxygen atoms in total. The second-order valence-corrected chi connectivity index (χ2v) is 5.60. The smallest absolute Gasteiger partial charge is 0.254 e. The first-order valence-corrected chi connectivity index (χ1v) is 7.15. The van der Waals surface area contributed by atoms with Crippen LogP contribution in [0.5, 0.6) is 0 Å². The number of aromatic nitrogens is 3. The Morgan fingerprint density at radius 1 is 1.40 bits per heavy atom. The Bertz CT molecular complexity index is 713. The molecule has 1 N–H and O–H groups in total. The van der Waals surface area contributed by atoms with E-state index in [0.29, 0.717) is 12.1 Å². The highest BCUT2D eigenvalue weighted by Gasteiger charge is 2.08. The van der Waals surface area contributed by atoms with Crippen molar-refractivity contribution in [3.05, 3.63) is 47.2 Å². The van der Waals surface area contributed by atoms with Crippen molar-refractivity contribution in [2.75, 3.05) is 6.54 Å². The number of thiazole rings is 1. The number of fused-ring (bicyclic) bond motifs is 1. The molecule has 102 valence electrons. The largest absolute Gasteiger partial charge is 0.352 e. The molecule has 3 aromatic rings. The lowest BCUT2D eigenvalue weighted by molar-refractivity contribution is 0.0954. The molecular weight excluding hydrogens is 272 g/mol. The fourth-order valence-electron chi connectivity index (χ4n) is 1.95. The minimum absolute atomic E-state index is 0.0980. The normalized spacial score (nSPS) is 10.8. The summed E-state index contributed by atoms with van der Waals surface area (Å²) in [6.45, 7) is 0.577. The number of hydrogen-bond acceptors (Lipinski definition) is 4. The van der Waals surface area contributed by atoms with Gasteiger partial charge in [0.05, 0.1) is 27.0 Å². The average Bonchev–Trinajstić information content (AvgIpc) is 3.04. The highest BCUT2D eigenvalue weighted by atomic mass is 32.1. The van der Waals surface area contributed by atoms with Gasteiger partial charge in [0.2, 0.25) is 0 Å². The summed E-state index contributed by atoms with van der Waals surface area (Å²) in [5, 5.41) is 7.90. The van der Waals surface area contributed by atoms with Crippen molar-refractivity contribution in [3.8, 4) is 0 Å². The Kier molecular flexibility index (Phi) is 3.47. The summed E-state index contributed by atoms with van der Waals surface area (Å²) in [5.41, 5.74) is 1.60. The molecule has 0 unspecified atom stereocenters. The highest BCUT2D eigenvalue weighted by Crippen LogP contribution is 2.21. The van der Waals surface area contributed by atoms with E-state index in [-0.39, 0.29) is 5.91 Å². The van der Waals surface area contributed by atoms with Crippen LogP contribution in [0.1, 0.15) is 15.4 Å². The Hall–Kier alpha value is -2.21. The summed E-state index contributed by atoms with van der Waals surface area (Å²) in [7, 11) is 1.79. The van der Waals surface area contributed by atoms with Crippen molar-refractivity contribution >= 4 is 27.5 Å². The molecule has 0 saturated carbocycles. The molecule has 0 aliphatic carbocycles. The van der Waals surface area contributed by atoms with Crippen molar-refractivity contribution in [1.29, 1.82) is 0 Å². The van der Waals surface area contributed by atoms with Gasteiger partial charge in [0.15, 0.2) is 0 Å². The Morgan fingerprint density at radius 3 is 3.00 bits per heavy atom. The summed E-state index contributed by atoms with van der Waals surface area (Å²) in [6, 6.07) is 8.05. The van der Waals surface area contributed by atoms with Gasteiger partial charge in [0.25, 0.3) is 5.91 Å². The van der Waals surface area contributed by atoms with E-state index in [1.165, 1.54) is 4.70 Å². The first-order valence-electron chi connectivity index (χ1n) is 6.34. The zero-order chi connectivity index (χ0) is 13.9. The Labute approximate surface area is 120 Å². The number of benzene rings is 1. The summed E-state index contributed by atoms with van der Waals surface area (Å²) in [4.78, 5) is 16.4. The monoisotopic (exact) mass is 286 g/mol. The van der Waals surface area contributed by atoms with Crippen LogP contribution in [0.3, 0.4) is 0 Å². The van der Waals surface area contributed by atoms with Gasteiger partial charge in [-0.2, -0.15) is 5.10 Å². The van der Waals surface area contributed by atoms with Gasteiger partial charge >= 0.3 is 0 Å². The van der Waals surface area contributed by atoms with E-state index in [4.69, 9.17) is 0 Å². The zero-order valence-electron chi connectivity index (χ0n) is 11.0. The minimum atomic E-state index is -0.0980. The molecule has 6 heteroatoms. The SMILES string of the molecule is Cn1cc(C(=O)NCCc2nc3ccccc3s2)cn1. The number of carbonyl (C=O) groups is 1. The van der Waals surface area contributed by atoms with Crippen molar-refractivity contribution in [3.63, 3.8) is 0 Å². The minimum Gasteiger partial charge on any atom is -0.352 e. The molecule has 0 aliphatic rings. The first-order chi connectivity index (χ1) is 9.72. The van der Waals surface area contributed by atoms with Crippen LogP contribution in [0.25, 0.3) is 10.2 Å². The summed E-state index contributed by atoms with van der Waals surface area (Å²) in [6.07, 6.45) is 4.01. The fraction of sp³-hybridized carbons (Fsp3) is 0.214. The molecule has 0 aliphatic heterocycles. The summed E-state index contributed by atoms with van der Waals surface area (Å²) in [5.74, 6) is -0.0980. The molecule has 20 heavy (non-hydrogen) atoms. The molecule has 0 atom stereocenters. The number of hydrogen-bond donors (Lipinski definition) is 1. The Balaban J connectivity index is 1.58. The van der Waals surface area contributed by atoms with Gasteiger partial charge in [0.1, 0.15) is 0 Å². The topological polar surface area (TPSA) is 59.8 Å². The molecule has 2 aromatic heterocycles. The molecule has 2 heterocycles. The number of rotatable bonds is 4. The molecule has 0 radical (unpaired) electrons. The van der Waals surface area contributed by atoms with Gasteiger partial charge in [-0.25, -0.2) is 4.98 Å². The highest BCUT2D eigenvalue weighted by molar-refractivity contribution is 7.18. The van der Waals surface area contributed by atoms with E-state index in [0.717, 1.165) is 16.9 Å². The van der Waals surface area contributed by atoms with E-state index in [1.807, 2.05) is 18.2 Å². The van der Waals surface area contributed by atoms with Crippen LogP contribution < -0.4 is 5.32 Å². The van der Waals surface area contributed by atoms with Crippen LogP contribution in [-0.2, 0) is 13.5 Å². The van der Waals surface area contributed by atoms with Gasteiger partial charge in [-0.3, -0.25) is 9.48 Å². The number of para-hydroxylation sites is 1. The number of nitrogens with zero attached hydrogens (tertiary/aromatic N) is 3. The van der Waals surface area contributed by atoms with Crippen LogP contribution >= 0.6 is 11.3 Å². The zero-order valence-corrected chi connectivity index (χ0v) is 11.9. The van der Waals surface area contributed by atoms with Gasteiger partial charge in [-0.05, 0) is 12.1 Å². The lowest BCUT2D eigenvalue weighted by atomic mass is 10.3. The number of carbonyl (C=O) groups excluding carboxylic acids is 1. The van der Waals surface area contributed by atoms with E-state index in [2.05, 4.69) is 21.5 Å². The molecule has 3 rings (SSSR count). The number of nitrogens with one attached hydrogen (secondary N) is 1. The Morgan fingerprint density at radius 2 is 2.25 bits per heavy atom. The van der Waals surface area contributed by atoms with Gasteiger partial charge in [-0.15, -0.1) is 11.3 Å². The molecule has 1 aromatic carbocycles. The fourth-order valence-corrected chi connectivity index (χ4v) is 2.92. The standard InChI is InChI=1S/C14H14N4OS/c1-18-9-10(8-16-18)14(19)15-7-6-13-17-11-4-2-3-5-12(11)20-13/h2-5,8-9H,6-7H2,1H3,(H,15,19). The van der Waals surface area contributed by atoms with Crippen molar-refractivity contribution < 1.29 is 4.79 Å². The lowest BCUT2D eigenvalue weighted by Gasteiger charge is -2.00. The molecular formula is C14H14N4OS. The maximum atomic E-state index is 11.8. The van der Waals surface area contributed by atoms with Crippen molar-refractivity contribution in [2.45, 2.75) is 6.42 Å².